The van der Waals surface area contributed by atoms with Crippen LogP contribution in [0.3, 0.4) is 0 Å². The predicted octanol–water partition coefficient (Wildman–Crippen LogP) is -0.354. The Hall–Kier alpha value is -1.40. The first-order valence-electron chi connectivity index (χ1n) is 8.37. The third kappa shape index (κ3) is 5.80. The zero-order valence-electron chi connectivity index (χ0n) is 15.5. The van der Waals surface area contributed by atoms with E-state index in [1.807, 2.05) is 0 Å². The van der Waals surface area contributed by atoms with Gasteiger partial charge in [0, 0.05) is 19.4 Å². The van der Waals surface area contributed by atoms with Crippen LogP contribution >= 0.6 is 6.49 Å². The SMILES string of the molecule is CO[C@@H]1[C@H](OC(C)C)[C@@H](COP(O)(=S)CC(=O)O)O[C@H]1n1ccc(=O)[nH]c1=O. The molecule has 0 aromatic carbocycles. The van der Waals surface area contributed by atoms with Gasteiger partial charge in [0.1, 0.15) is 24.5 Å². The van der Waals surface area contributed by atoms with Crippen LogP contribution < -0.4 is 11.2 Å². The van der Waals surface area contributed by atoms with Crippen molar-refractivity contribution in [1.82, 2.24) is 9.55 Å². The summed E-state index contributed by atoms with van der Waals surface area (Å²) in [6.45, 7) is -0.220. The van der Waals surface area contributed by atoms with Crippen molar-refractivity contribution in [1.29, 1.82) is 0 Å². The molecule has 1 aromatic rings. The molecule has 2 heterocycles. The third-order valence-corrected chi connectivity index (χ3v) is 5.81. The molecule has 11 nitrogen and oxygen atoms in total. The number of methoxy groups -OCH3 is 1. The van der Waals surface area contributed by atoms with Gasteiger partial charge >= 0.3 is 11.7 Å². The summed E-state index contributed by atoms with van der Waals surface area (Å²) in [6.07, 6.45) is -2.84. The van der Waals surface area contributed by atoms with E-state index >= 15 is 0 Å². The van der Waals surface area contributed by atoms with Gasteiger partial charge in [0.25, 0.3) is 5.56 Å². The van der Waals surface area contributed by atoms with Gasteiger partial charge in [-0.1, -0.05) is 0 Å². The van der Waals surface area contributed by atoms with Gasteiger partial charge < -0.3 is 28.7 Å². The molecule has 1 saturated heterocycles. The maximum Gasteiger partial charge on any atom is 0.330 e. The molecule has 5 atom stereocenters. The van der Waals surface area contributed by atoms with Crippen LogP contribution in [0.5, 0.6) is 0 Å². The van der Waals surface area contributed by atoms with Crippen molar-refractivity contribution < 1.29 is 33.5 Å². The van der Waals surface area contributed by atoms with E-state index in [0.717, 1.165) is 4.57 Å². The maximum absolute atomic E-state index is 12.1. The monoisotopic (exact) mass is 438 g/mol. The summed E-state index contributed by atoms with van der Waals surface area (Å²) in [4.78, 5) is 46.4. The number of rotatable bonds is 9. The fourth-order valence-electron chi connectivity index (χ4n) is 2.83. The van der Waals surface area contributed by atoms with E-state index in [2.05, 4.69) is 4.98 Å². The molecular weight excluding hydrogens is 415 g/mol. The number of nitrogens with one attached hydrogen (secondary N) is 1. The predicted molar refractivity (Wildman–Crippen MR) is 101 cm³/mol. The topological polar surface area (TPSA) is 149 Å². The molecule has 0 spiro atoms. The second-order valence-corrected chi connectivity index (χ2v) is 9.98. The van der Waals surface area contributed by atoms with Gasteiger partial charge in [-0.25, -0.2) is 4.79 Å². The smallest absolute Gasteiger partial charge is 0.330 e. The summed E-state index contributed by atoms with van der Waals surface area (Å²) in [5.74, 6) is -1.28. The molecule has 3 N–H and O–H groups in total. The minimum absolute atomic E-state index is 0.226. The molecule has 1 fully saturated rings. The van der Waals surface area contributed by atoms with Gasteiger partial charge in [-0.15, -0.1) is 0 Å². The first kappa shape index (κ1) is 22.9. The van der Waals surface area contributed by atoms with Gasteiger partial charge in [0.15, 0.2) is 12.7 Å². The molecule has 1 unspecified atom stereocenters. The van der Waals surface area contributed by atoms with Crippen LogP contribution in [-0.4, -0.2) is 69.8 Å². The summed E-state index contributed by atoms with van der Waals surface area (Å²) in [5.41, 5.74) is -1.25. The molecule has 28 heavy (non-hydrogen) atoms. The number of hydrogen-bond acceptors (Lipinski definition) is 8. The van der Waals surface area contributed by atoms with Gasteiger partial charge in [-0.3, -0.25) is 19.1 Å². The van der Waals surface area contributed by atoms with Crippen molar-refractivity contribution in [3.8, 4) is 0 Å². The number of aromatic nitrogens is 2. The van der Waals surface area contributed by atoms with Crippen molar-refractivity contribution >= 4 is 24.3 Å². The zero-order chi connectivity index (χ0) is 21.1. The fourth-order valence-corrected chi connectivity index (χ4v) is 4.16. The molecule has 0 saturated carbocycles. The molecule has 13 heteroatoms. The van der Waals surface area contributed by atoms with Crippen molar-refractivity contribution in [2.75, 3.05) is 19.9 Å². The third-order valence-electron chi connectivity index (χ3n) is 3.89. The summed E-state index contributed by atoms with van der Waals surface area (Å²) in [6, 6.07) is 1.17. The molecular formula is C15H23N2O9PS. The molecule has 1 aliphatic heterocycles. The highest BCUT2D eigenvalue weighted by Crippen LogP contribution is 2.43. The van der Waals surface area contributed by atoms with Crippen molar-refractivity contribution in [2.45, 2.75) is 44.5 Å². The normalized spacial score (nSPS) is 27.0. The second-order valence-electron chi connectivity index (χ2n) is 6.42. The van der Waals surface area contributed by atoms with Crippen LogP contribution in [0.15, 0.2) is 21.9 Å². The van der Waals surface area contributed by atoms with Gasteiger partial charge in [0.05, 0.1) is 12.7 Å². The number of carboxylic acids is 1. The quantitative estimate of drug-likeness (QED) is 0.437. The Kier molecular flexibility index (Phi) is 7.68. The summed E-state index contributed by atoms with van der Waals surface area (Å²) >= 11 is 4.84. The number of carbonyl (C=O) groups is 1. The van der Waals surface area contributed by atoms with E-state index in [1.165, 1.54) is 19.4 Å². The van der Waals surface area contributed by atoms with E-state index in [4.69, 9.17) is 35.6 Å². The molecule has 0 aliphatic carbocycles. The number of aromatic amines is 1. The Morgan fingerprint density at radius 2 is 2.11 bits per heavy atom. The van der Waals surface area contributed by atoms with Crippen LogP contribution in [0.25, 0.3) is 0 Å². The van der Waals surface area contributed by atoms with E-state index in [0.29, 0.717) is 0 Å². The van der Waals surface area contributed by atoms with Crippen molar-refractivity contribution in [2.24, 2.45) is 0 Å². The largest absolute Gasteiger partial charge is 0.481 e. The number of nitrogens with zero attached hydrogens (tertiary/aromatic N) is 1. The standard InChI is InChI=1S/C15H23N2O9PS/c1-8(2)25-12-9(6-24-27(22,28)7-11(19)20)26-14(13(12)23-3)17-5-4-10(18)16-15(17)21/h4-5,8-9,12-14H,6-7H2,1-3H3,(H,19,20)(H,22,28)(H,16,18,21)/t9-,12-,13-,14-,27?/m1/s1. The van der Waals surface area contributed by atoms with Crippen LogP contribution in [-0.2, 0) is 35.3 Å². The molecule has 158 valence electrons. The van der Waals surface area contributed by atoms with Crippen molar-refractivity contribution in [3.63, 3.8) is 0 Å². The lowest BCUT2D eigenvalue weighted by Crippen LogP contribution is -2.41. The molecule has 0 radical (unpaired) electrons. The van der Waals surface area contributed by atoms with E-state index < -0.39 is 54.4 Å². The summed E-state index contributed by atoms with van der Waals surface area (Å²) < 4.78 is 23.6. The summed E-state index contributed by atoms with van der Waals surface area (Å²) in [5, 5.41) is 8.81. The highest BCUT2D eigenvalue weighted by Gasteiger charge is 2.48. The maximum atomic E-state index is 12.1. The first-order valence-corrected chi connectivity index (χ1v) is 11.2. The van der Waals surface area contributed by atoms with Gasteiger partial charge in [0.2, 0.25) is 0 Å². The van der Waals surface area contributed by atoms with E-state index in [-0.39, 0.29) is 12.7 Å². The minimum Gasteiger partial charge on any atom is -0.481 e. The highest BCUT2D eigenvalue weighted by atomic mass is 32.5. The Morgan fingerprint density at radius 1 is 1.43 bits per heavy atom. The van der Waals surface area contributed by atoms with E-state index in [1.54, 1.807) is 13.8 Å². The van der Waals surface area contributed by atoms with Crippen LogP contribution in [0, 0.1) is 0 Å². The molecule has 2 rings (SSSR count). The van der Waals surface area contributed by atoms with E-state index in [9.17, 15) is 19.3 Å². The number of ether oxygens (including phenoxy) is 3. The minimum atomic E-state index is -3.56. The average molecular weight is 438 g/mol. The van der Waals surface area contributed by atoms with Crippen LogP contribution in [0.4, 0.5) is 0 Å². The Morgan fingerprint density at radius 3 is 2.64 bits per heavy atom. The fraction of sp³-hybridized carbons (Fsp3) is 0.667. The van der Waals surface area contributed by atoms with Gasteiger partial charge in [-0.05, 0) is 25.7 Å². The lowest BCUT2D eigenvalue weighted by molar-refractivity contribution is -0.134. The number of hydrogen-bond donors (Lipinski definition) is 3. The second kappa shape index (κ2) is 9.40. The molecule has 0 bridgehead atoms. The van der Waals surface area contributed by atoms with Crippen LogP contribution in [0.2, 0.25) is 0 Å². The van der Waals surface area contributed by atoms with Crippen LogP contribution in [0.1, 0.15) is 20.1 Å². The molecule has 1 aromatic heterocycles. The number of H-pyrrole nitrogens is 1. The molecule has 1 aliphatic rings. The number of carboxylic acid groups (broad SMARTS) is 1. The lowest BCUT2D eigenvalue weighted by Gasteiger charge is -2.26. The average Bonchev–Trinajstić information content (AvgIpc) is 2.88. The zero-order valence-corrected chi connectivity index (χ0v) is 17.2. The Labute approximate surface area is 165 Å². The highest BCUT2D eigenvalue weighted by molar-refractivity contribution is 8.09. The van der Waals surface area contributed by atoms with Crippen molar-refractivity contribution in [3.05, 3.63) is 33.1 Å². The lowest BCUT2D eigenvalue weighted by atomic mass is 10.1. The Balaban J connectivity index is 2.28. The van der Waals surface area contributed by atoms with Gasteiger partial charge in [-0.2, -0.15) is 0 Å². The Bertz CT molecular complexity index is 854. The summed E-state index contributed by atoms with van der Waals surface area (Å²) in [7, 11) is 1.42. The molecule has 0 amide bonds. The number of aliphatic carboxylic acids is 1. The first-order chi connectivity index (χ1) is 13.0.